The van der Waals surface area contributed by atoms with Gasteiger partial charge < -0.3 is 4.90 Å². The van der Waals surface area contributed by atoms with Crippen LogP contribution in [0.15, 0.2) is 24.3 Å². The lowest BCUT2D eigenvalue weighted by Crippen LogP contribution is -2.60. The predicted octanol–water partition coefficient (Wildman–Crippen LogP) is 1.77. The number of halogens is 1. The van der Waals surface area contributed by atoms with Crippen LogP contribution in [0.4, 0.5) is 10.1 Å². The molecule has 4 nitrogen and oxygen atoms in total. The first kappa shape index (κ1) is 13.5. The summed E-state index contributed by atoms with van der Waals surface area (Å²) in [5.74, 6) is -0.629. The second-order valence-corrected chi connectivity index (χ2v) is 4.83. The highest BCUT2D eigenvalue weighted by Gasteiger charge is 2.38. The smallest absolute Gasteiger partial charge is 0.245 e. The van der Waals surface area contributed by atoms with Gasteiger partial charge in [0.15, 0.2) is 0 Å². The fourth-order valence-electron chi connectivity index (χ4n) is 2.52. The van der Waals surface area contributed by atoms with Gasteiger partial charge in [-0.15, -0.1) is 0 Å². The van der Waals surface area contributed by atoms with E-state index in [1.165, 1.54) is 11.0 Å². The summed E-state index contributed by atoms with van der Waals surface area (Å²) in [6.07, 6.45) is 0.118. The molecule has 0 spiro atoms. The molecule has 0 N–H and O–H groups in total. The minimum Gasteiger partial charge on any atom is -0.304 e. The molecule has 2 atom stereocenters. The van der Waals surface area contributed by atoms with Gasteiger partial charge in [0, 0.05) is 12.6 Å². The summed E-state index contributed by atoms with van der Waals surface area (Å²) in [4.78, 5) is 15.8. The Balaban J connectivity index is 2.37. The number of rotatable bonds is 2. The molecule has 0 bridgehead atoms. The number of carbonyl (C=O) groups is 1. The van der Waals surface area contributed by atoms with Crippen LogP contribution in [0.25, 0.3) is 0 Å². The zero-order valence-electron chi connectivity index (χ0n) is 11.0. The number of anilines is 1. The van der Waals surface area contributed by atoms with Crippen LogP contribution < -0.4 is 4.90 Å². The van der Waals surface area contributed by atoms with E-state index in [0.29, 0.717) is 6.54 Å². The quantitative estimate of drug-likeness (QED) is 0.815. The number of nitriles is 1. The van der Waals surface area contributed by atoms with Gasteiger partial charge in [-0.05, 0) is 26.1 Å². The minimum atomic E-state index is -0.499. The molecule has 19 heavy (non-hydrogen) atoms. The van der Waals surface area contributed by atoms with E-state index in [-0.39, 0.29) is 24.1 Å². The highest BCUT2D eigenvalue weighted by Crippen LogP contribution is 2.26. The summed E-state index contributed by atoms with van der Waals surface area (Å²) >= 11 is 0. The molecule has 2 rings (SSSR count). The molecule has 0 aliphatic carbocycles. The van der Waals surface area contributed by atoms with E-state index in [1.54, 1.807) is 18.2 Å². The molecule has 1 amide bonds. The van der Waals surface area contributed by atoms with E-state index in [2.05, 4.69) is 0 Å². The number of hydrogen-bond donors (Lipinski definition) is 0. The van der Waals surface area contributed by atoms with Gasteiger partial charge in [-0.1, -0.05) is 12.1 Å². The molecule has 0 radical (unpaired) electrons. The SMILES string of the molecule is CC1CN(C)C(CC#N)C(=O)N1c1ccccc1F. The molecule has 1 saturated heterocycles. The topological polar surface area (TPSA) is 47.3 Å². The Labute approximate surface area is 112 Å². The molecule has 5 heteroatoms. The molecular formula is C14H16FN3O. The van der Waals surface area contributed by atoms with Crippen LogP contribution in [-0.4, -0.2) is 36.5 Å². The molecule has 1 aromatic rings. The Hall–Kier alpha value is -1.93. The monoisotopic (exact) mass is 261 g/mol. The molecule has 0 saturated carbocycles. The summed E-state index contributed by atoms with van der Waals surface area (Å²) in [6.45, 7) is 2.50. The molecule has 1 aromatic carbocycles. The Bertz CT molecular complexity index is 526. The minimum absolute atomic E-state index is 0.118. The van der Waals surface area contributed by atoms with E-state index in [0.717, 1.165) is 0 Å². The van der Waals surface area contributed by atoms with Gasteiger partial charge in [-0.3, -0.25) is 9.69 Å². The van der Waals surface area contributed by atoms with E-state index >= 15 is 0 Å². The van der Waals surface area contributed by atoms with Crippen molar-refractivity contribution >= 4 is 11.6 Å². The number of hydrogen-bond acceptors (Lipinski definition) is 3. The van der Waals surface area contributed by atoms with Crippen molar-refractivity contribution in [2.75, 3.05) is 18.5 Å². The van der Waals surface area contributed by atoms with Gasteiger partial charge in [0.1, 0.15) is 11.9 Å². The number of nitrogens with zero attached hydrogens (tertiary/aromatic N) is 3. The van der Waals surface area contributed by atoms with Crippen LogP contribution in [0.3, 0.4) is 0 Å². The van der Waals surface area contributed by atoms with Crippen LogP contribution in [0.5, 0.6) is 0 Å². The Morgan fingerprint density at radius 3 is 2.79 bits per heavy atom. The van der Waals surface area contributed by atoms with Crippen LogP contribution in [0, 0.1) is 17.1 Å². The fourth-order valence-corrected chi connectivity index (χ4v) is 2.52. The first-order valence-corrected chi connectivity index (χ1v) is 6.21. The van der Waals surface area contributed by atoms with Crippen molar-refractivity contribution in [3.05, 3.63) is 30.1 Å². The average molecular weight is 261 g/mol. The predicted molar refractivity (Wildman–Crippen MR) is 70.0 cm³/mol. The van der Waals surface area contributed by atoms with Crippen LogP contribution in [-0.2, 0) is 4.79 Å². The third-order valence-electron chi connectivity index (χ3n) is 3.44. The standard InChI is InChI=1S/C14H16FN3O/c1-10-9-17(2)13(7-8-16)14(19)18(10)12-6-4-3-5-11(12)15/h3-6,10,13H,7,9H2,1-2H3. The van der Waals surface area contributed by atoms with E-state index in [9.17, 15) is 9.18 Å². The number of carbonyl (C=O) groups excluding carboxylic acids is 1. The maximum absolute atomic E-state index is 13.9. The van der Waals surface area contributed by atoms with Gasteiger partial charge >= 0.3 is 0 Å². The zero-order valence-corrected chi connectivity index (χ0v) is 11.0. The van der Waals surface area contributed by atoms with Gasteiger partial charge in [0.25, 0.3) is 0 Å². The highest BCUT2D eigenvalue weighted by atomic mass is 19.1. The molecule has 1 heterocycles. The second kappa shape index (κ2) is 5.37. The van der Waals surface area contributed by atoms with Crippen molar-refractivity contribution in [1.29, 1.82) is 5.26 Å². The summed E-state index contributed by atoms with van der Waals surface area (Å²) in [5, 5.41) is 8.81. The van der Waals surface area contributed by atoms with Crippen LogP contribution in [0.1, 0.15) is 13.3 Å². The lowest BCUT2D eigenvalue weighted by atomic mass is 10.0. The summed E-state index contributed by atoms with van der Waals surface area (Å²) in [6, 6.07) is 7.63. The van der Waals surface area contributed by atoms with Gasteiger partial charge in [0.05, 0.1) is 18.2 Å². The van der Waals surface area contributed by atoms with Crippen LogP contribution in [0.2, 0.25) is 0 Å². The van der Waals surface area contributed by atoms with E-state index in [4.69, 9.17) is 5.26 Å². The second-order valence-electron chi connectivity index (χ2n) is 4.83. The Morgan fingerprint density at radius 1 is 1.47 bits per heavy atom. The summed E-state index contributed by atoms with van der Waals surface area (Å²) < 4.78 is 13.9. The highest BCUT2D eigenvalue weighted by molar-refractivity contribution is 5.98. The largest absolute Gasteiger partial charge is 0.304 e. The molecule has 0 aromatic heterocycles. The fraction of sp³-hybridized carbons (Fsp3) is 0.429. The molecular weight excluding hydrogens is 245 g/mol. The summed E-state index contributed by atoms with van der Waals surface area (Å²) in [5.41, 5.74) is 0.288. The van der Waals surface area contributed by atoms with Crippen molar-refractivity contribution in [3.8, 4) is 6.07 Å². The first-order valence-electron chi connectivity index (χ1n) is 6.21. The van der Waals surface area contributed by atoms with E-state index < -0.39 is 11.9 Å². The normalized spacial score (nSPS) is 24.3. The number of benzene rings is 1. The van der Waals surface area contributed by atoms with Crippen molar-refractivity contribution < 1.29 is 9.18 Å². The summed E-state index contributed by atoms with van der Waals surface area (Å²) in [7, 11) is 1.81. The maximum atomic E-state index is 13.9. The average Bonchev–Trinajstić information content (AvgIpc) is 2.36. The molecule has 1 aliphatic heterocycles. The molecule has 100 valence electrons. The van der Waals surface area contributed by atoms with Crippen molar-refractivity contribution in [3.63, 3.8) is 0 Å². The third kappa shape index (κ3) is 2.45. The van der Waals surface area contributed by atoms with Crippen molar-refractivity contribution in [1.82, 2.24) is 4.90 Å². The van der Waals surface area contributed by atoms with Crippen LogP contribution >= 0.6 is 0 Å². The Morgan fingerprint density at radius 2 is 2.16 bits per heavy atom. The molecule has 1 aliphatic rings. The zero-order chi connectivity index (χ0) is 14.0. The maximum Gasteiger partial charge on any atom is 0.245 e. The molecule has 2 unspecified atom stereocenters. The number of para-hydroxylation sites is 1. The number of likely N-dealkylation sites (N-methyl/N-ethyl adjacent to an activating group) is 1. The lowest BCUT2D eigenvalue weighted by Gasteiger charge is -2.42. The van der Waals surface area contributed by atoms with Gasteiger partial charge in [-0.2, -0.15) is 5.26 Å². The Kier molecular flexibility index (Phi) is 3.82. The van der Waals surface area contributed by atoms with Gasteiger partial charge in [-0.25, -0.2) is 4.39 Å². The number of piperazine rings is 1. The lowest BCUT2D eigenvalue weighted by molar-refractivity contribution is -0.126. The molecule has 1 fully saturated rings. The van der Waals surface area contributed by atoms with E-state index in [1.807, 2.05) is 24.9 Å². The number of amides is 1. The van der Waals surface area contributed by atoms with Crippen molar-refractivity contribution in [2.24, 2.45) is 0 Å². The van der Waals surface area contributed by atoms with Gasteiger partial charge in [0.2, 0.25) is 5.91 Å². The van der Waals surface area contributed by atoms with Crippen molar-refractivity contribution in [2.45, 2.75) is 25.4 Å². The first-order chi connectivity index (χ1) is 9.06. The third-order valence-corrected chi connectivity index (χ3v) is 3.44.